The Morgan fingerprint density at radius 3 is 2.50 bits per heavy atom. The first kappa shape index (κ1) is 28.5. The Kier molecular flexibility index (Phi) is 10.1. The van der Waals surface area contributed by atoms with Crippen LogP contribution in [-0.4, -0.2) is 74.5 Å². The van der Waals surface area contributed by atoms with Gasteiger partial charge in [0.2, 0.25) is 5.91 Å². The molecule has 4 rings (SSSR count). The van der Waals surface area contributed by atoms with Crippen LogP contribution in [0.1, 0.15) is 40.4 Å². The number of ether oxygens (including phenoxy) is 1. The lowest BCUT2D eigenvalue weighted by Gasteiger charge is -2.26. The van der Waals surface area contributed by atoms with Crippen molar-refractivity contribution < 1.29 is 22.7 Å². The molecule has 2 heterocycles. The predicted octanol–water partition coefficient (Wildman–Crippen LogP) is 2.76. The summed E-state index contributed by atoms with van der Waals surface area (Å²) in [4.78, 5) is 32.2. The largest absolute Gasteiger partial charge is 0.378 e. The van der Waals surface area contributed by atoms with Crippen molar-refractivity contribution in [3.63, 3.8) is 0 Å². The maximum Gasteiger partial charge on any atom is 0.254 e. The van der Waals surface area contributed by atoms with Gasteiger partial charge in [0.15, 0.2) is 5.25 Å². The smallest absolute Gasteiger partial charge is 0.254 e. The van der Waals surface area contributed by atoms with E-state index in [2.05, 4.69) is 10.3 Å². The lowest BCUT2D eigenvalue weighted by Crippen LogP contribution is -2.40. The minimum atomic E-state index is -1.52. The number of aromatic nitrogens is 1. The molecule has 1 fully saturated rings. The number of fused-ring (bicyclic) bond motifs is 1. The van der Waals surface area contributed by atoms with Crippen LogP contribution in [0.3, 0.4) is 0 Å². The van der Waals surface area contributed by atoms with Gasteiger partial charge in [0.25, 0.3) is 5.91 Å². The average Bonchev–Trinajstić information content (AvgIpc) is 3.34. The van der Waals surface area contributed by atoms with E-state index in [4.69, 9.17) is 9.88 Å². The molecule has 0 spiro atoms. The second kappa shape index (κ2) is 13.5. The maximum absolute atomic E-state index is 13.1. The fourth-order valence-electron chi connectivity index (χ4n) is 4.10. The third kappa shape index (κ3) is 7.11. The third-order valence-corrected chi connectivity index (χ3v) is 9.69. The van der Waals surface area contributed by atoms with Gasteiger partial charge in [-0.05, 0) is 41.8 Å². The number of unbranched alkanes of at least 4 members (excludes halogenated alkanes) is 1. The van der Waals surface area contributed by atoms with Crippen LogP contribution in [0.5, 0.6) is 0 Å². The summed E-state index contributed by atoms with van der Waals surface area (Å²) in [6.07, 6.45) is 1.61. The van der Waals surface area contributed by atoms with Crippen LogP contribution in [0.15, 0.2) is 42.5 Å². The Bertz CT molecular complexity index is 1320. The van der Waals surface area contributed by atoms with E-state index in [-0.39, 0.29) is 18.2 Å². The number of thiazole rings is 1. The fraction of sp³-hybridized carbons (Fsp3) is 0.423. The molecule has 1 aliphatic rings. The van der Waals surface area contributed by atoms with Gasteiger partial charge in [0, 0.05) is 41.8 Å². The standard InChI is InChI=1S/C26H32N4O5S3/c1-2-3-15-37(33)23(24(31)28-10-16-38(27)34)25-29-21-9-8-20(17-22(21)36-25)18-4-6-19(7-5-18)26(32)30-11-13-35-14-12-30/h4-9,17,23H,2-3,10-16,27H2,1H3,(H,28,31). The molecule has 3 unspecified atom stereocenters. The minimum absolute atomic E-state index is 0.000460. The van der Waals surface area contributed by atoms with Gasteiger partial charge < -0.3 is 15.0 Å². The van der Waals surface area contributed by atoms with E-state index >= 15 is 0 Å². The fourth-order valence-corrected chi connectivity index (χ4v) is 7.27. The first-order valence-electron chi connectivity index (χ1n) is 12.5. The molecule has 0 saturated carbocycles. The first-order valence-corrected chi connectivity index (χ1v) is 16.1. The van der Waals surface area contributed by atoms with Crippen molar-refractivity contribution in [3.8, 4) is 11.1 Å². The van der Waals surface area contributed by atoms with E-state index in [1.807, 2.05) is 49.4 Å². The minimum Gasteiger partial charge on any atom is -0.378 e. The van der Waals surface area contributed by atoms with E-state index in [1.165, 1.54) is 11.3 Å². The molecular weight excluding hydrogens is 545 g/mol. The van der Waals surface area contributed by atoms with Gasteiger partial charge in [0.1, 0.15) is 5.01 Å². The number of nitrogens with zero attached hydrogens (tertiary/aromatic N) is 2. The van der Waals surface area contributed by atoms with Gasteiger partial charge >= 0.3 is 0 Å². The number of amides is 2. The average molecular weight is 577 g/mol. The number of hydrogen-bond acceptors (Lipinski definition) is 7. The molecule has 0 bridgehead atoms. The highest BCUT2D eigenvalue weighted by Crippen LogP contribution is 2.33. The zero-order valence-corrected chi connectivity index (χ0v) is 23.7. The van der Waals surface area contributed by atoms with Crippen LogP contribution < -0.4 is 10.5 Å². The summed E-state index contributed by atoms with van der Waals surface area (Å²) >= 11 is 1.35. The summed E-state index contributed by atoms with van der Waals surface area (Å²) in [7, 11) is -2.97. The Labute approximate surface area is 231 Å². The number of benzene rings is 2. The highest BCUT2D eigenvalue weighted by atomic mass is 32.2. The van der Waals surface area contributed by atoms with E-state index in [9.17, 15) is 18.0 Å². The molecule has 3 aromatic rings. The second-order valence-corrected chi connectivity index (χ2v) is 12.8. The van der Waals surface area contributed by atoms with Crippen molar-refractivity contribution in [2.75, 3.05) is 44.4 Å². The molecule has 3 atom stereocenters. The summed E-state index contributed by atoms with van der Waals surface area (Å²) in [6, 6.07) is 13.4. The predicted molar refractivity (Wildman–Crippen MR) is 153 cm³/mol. The highest BCUT2D eigenvalue weighted by Gasteiger charge is 2.30. The Morgan fingerprint density at radius 1 is 1.11 bits per heavy atom. The zero-order chi connectivity index (χ0) is 27.1. The first-order chi connectivity index (χ1) is 18.4. The third-order valence-electron chi connectivity index (χ3n) is 6.20. The molecule has 0 aliphatic carbocycles. The van der Waals surface area contributed by atoms with Gasteiger partial charge in [-0.2, -0.15) is 0 Å². The molecule has 1 aromatic heterocycles. The monoisotopic (exact) mass is 576 g/mol. The number of rotatable bonds is 11. The van der Waals surface area contributed by atoms with Crippen LogP contribution in [-0.2, 0) is 31.3 Å². The molecular formula is C26H32N4O5S3. The Hall–Kier alpha value is -2.51. The molecule has 38 heavy (non-hydrogen) atoms. The topological polar surface area (TPSA) is 132 Å². The maximum atomic E-state index is 13.1. The molecule has 2 amide bonds. The molecule has 3 N–H and O–H groups in total. The summed E-state index contributed by atoms with van der Waals surface area (Å²) in [5, 5.41) is 7.59. The number of nitrogens with two attached hydrogens (primary N) is 1. The number of morpholine rings is 1. The lowest BCUT2D eigenvalue weighted by molar-refractivity contribution is -0.120. The lowest BCUT2D eigenvalue weighted by atomic mass is 10.0. The van der Waals surface area contributed by atoms with Gasteiger partial charge in [-0.25, -0.2) is 9.19 Å². The van der Waals surface area contributed by atoms with Crippen molar-refractivity contribution in [1.29, 1.82) is 0 Å². The molecule has 204 valence electrons. The number of hydrogen-bond donors (Lipinski definition) is 2. The summed E-state index contributed by atoms with van der Waals surface area (Å²) in [5.41, 5.74) is 3.27. The molecule has 12 heteroatoms. The Morgan fingerprint density at radius 2 is 1.82 bits per heavy atom. The molecule has 1 saturated heterocycles. The van der Waals surface area contributed by atoms with Gasteiger partial charge in [0.05, 0.1) is 40.2 Å². The van der Waals surface area contributed by atoms with Gasteiger partial charge in [-0.3, -0.25) is 18.9 Å². The van der Waals surface area contributed by atoms with Crippen molar-refractivity contribution >= 4 is 55.2 Å². The van der Waals surface area contributed by atoms with Gasteiger partial charge in [-0.1, -0.05) is 31.5 Å². The van der Waals surface area contributed by atoms with E-state index in [0.29, 0.717) is 42.6 Å². The van der Waals surface area contributed by atoms with Crippen LogP contribution >= 0.6 is 11.3 Å². The van der Waals surface area contributed by atoms with Crippen molar-refractivity contribution in [2.24, 2.45) is 5.14 Å². The van der Waals surface area contributed by atoms with Gasteiger partial charge in [-0.15, -0.1) is 11.3 Å². The van der Waals surface area contributed by atoms with Crippen LogP contribution in [0.25, 0.3) is 21.3 Å². The number of nitrogens with one attached hydrogen (secondary N) is 1. The summed E-state index contributed by atoms with van der Waals surface area (Å²) in [5.74, 6) is 0.124. The molecule has 1 aliphatic heterocycles. The SMILES string of the molecule is CCCCS(=O)C(C(=O)NCCS(N)=O)c1nc2ccc(-c3ccc(C(=O)N4CCOCC4)cc3)cc2s1. The molecule has 0 radical (unpaired) electrons. The van der Waals surface area contributed by atoms with Crippen molar-refractivity contribution in [2.45, 2.75) is 25.0 Å². The summed E-state index contributed by atoms with van der Waals surface area (Å²) < 4.78 is 30.5. The van der Waals surface area contributed by atoms with Crippen LogP contribution in [0.4, 0.5) is 0 Å². The Balaban J connectivity index is 1.55. The highest BCUT2D eigenvalue weighted by molar-refractivity contribution is 7.86. The normalized spacial score (nSPS) is 16.2. The molecule has 9 nitrogen and oxygen atoms in total. The number of carbonyl (C=O) groups is 2. The van der Waals surface area contributed by atoms with Crippen molar-refractivity contribution in [3.05, 3.63) is 53.0 Å². The van der Waals surface area contributed by atoms with E-state index in [1.54, 1.807) is 4.90 Å². The zero-order valence-electron chi connectivity index (χ0n) is 21.2. The summed E-state index contributed by atoms with van der Waals surface area (Å²) in [6.45, 7) is 4.46. The number of carbonyl (C=O) groups excluding carboxylic acids is 2. The van der Waals surface area contributed by atoms with E-state index in [0.717, 1.165) is 34.2 Å². The van der Waals surface area contributed by atoms with Crippen LogP contribution in [0, 0.1) is 0 Å². The molecule has 2 aromatic carbocycles. The van der Waals surface area contributed by atoms with E-state index < -0.39 is 32.9 Å². The quantitative estimate of drug-likeness (QED) is 0.361. The van der Waals surface area contributed by atoms with Crippen LogP contribution in [0.2, 0.25) is 0 Å². The van der Waals surface area contributed by atoms with Crippen molar-refractivity contribution in [1.82, 2.24) is 15.2 Å². The second-order valence-electron chi connectivity index (χ2n) is 8.91.